The van der Waals surface area contributed by atoms with Crippen LogP contribution in [0.15, 0.2) is 24.3 Å². The number of amides is 1. The Morgan fingerprint density at radius 2 is 1.74 bits per heavy atom. The molecular formula is C16H25NO2. The average Bonchev–Trinajstić information content (AvgIpc) is 2.27. The zero-order valence-corrected chi connectivity index (χ0v) is 12.9. The predicted molar refractivity (Wildman–Crippen MR) is 78.2 cm³/mol. The van der Waals surface area contributed by atoms with Gasteiger partial charge in [-0.3, -0.25) is 0 Å². The molecule has 0 radical (unpaired) electrons. The molecule has 0 aromatic heterocycles. The Balaban J connectivity index is 2.61. The molecule has 0 fully saturated rings. The number of hydrogen-bond donors (Lipinski definition) is 0. The van der Waals surface area contributed by atoms with Gasteiger partial charge in [0.25, 0.3) is 0 Å². The minimum atomic E-state index is -0.452. The van der Waals surface area contributed by atoms with Crippen LogP contribution < -0.4 is 0 Å². The predicted octanol–water partition coefficient (Wildman–Crippen LogP) is 4.18. The second kappa shape index (κ2) is 6.09. The molecule has 3 heteroatoms. The zero-order valence-electron chi connectivity index (χ0n) is 12.9. The summed E-state index contributed by atoms with van der Waals surface area (Å²) in [6.07, 6.45) is -0.291. The summed E-state index contributed by atoms with van der Waals surface area (Å²) in [5, 5.41) is 0. The Bertz CT molecular complexity index is 415. The van der Waals surface area contributed by atoms with Crippen molar-refractivity contribution in [2.75, 3.05) is 7.05 Å². The van der Waals surface area contributed by atoms with Gasteiger partial charge in [0.2, 0.25) is 0 Å². The van der Waals surface area contributed by atoms with Crippen molar-refractivity contribution in [1.82, 2.24) is 4.90 Å². The summed E-state index contributed by atoms with van der Waals surface area (Å²) in [4.78, 5) is 13.4. The van der Waals surface area contributed by atoms with Gasteiger partial charge >= 0.3 is 6.09 Å². The van der Waals surface area contributed by atoms with E-state index in [4.69, 9.17) is 4.74 Å². The van der Waals surface area contributed by atoms with Crippen LogP contribution in [0.4, 0.5) is 4.79 Å². The molecule has 0 atom stereocenters. The fourth-order valence-corrected chi connectivity index (χ4v) is 1.69. The summed E-state index contributed by atoms with van der Waals surface area (Å²) in [7, 11) is 1.75. The summed E-state index contributed by atoms with van der Waals surface area (Å²) in [6, 6.07) is 8.36. The number of carbonyl (C=O) groups is 1. The van der Waals surface area contributed by atoms with Gasteiger partial charge in [-0.05, 0) is 37.8 Å². The van der Waals surface area contributed by atoms with E-state index in [0.717, 1.165) is 5.56 Å². The normalized spacial score (nSPS) is 11.5. The molecule has 0 N–H and O–H groups in total. The van der Waals surface area contributed by atoms with E-state index >= 15 is 0 Å². The molecule has 19 heavy (non-hydrogen) atoms. The summed E-state index contributed by atoms with van der Waals surface area (Å²) in [5.74, 6) is 0.526. The monoisotopic (exact) mass is 263 g/mol. The van der Waals surface area contributed by atoms with Crippen molar-refractivity contribution < 1.29 is 9.53 Å². The van der Waals surface area contributed by atoms with Crippen molar-refractivity contribution in [1.29, 1.82) is 0 Å². The minimum Gasteiger partial charge on any atom is -0.444 e. The topological polar surface area (TPSA) is 29.5 Å². The molecule has 0 saturated heterocycles. The van der Waals surface area contributed by atoms with Crippen LogP contribution in [0.1, 0.15) is 51.7 Å². The van der Waals surface area contributed by atoms with Crippen molar-refractivity contribution in [3.63, 3.8) is 0 Å². The largest absolute Gasteiger partial charge is 0.444 e. The smallest absolute Gasteiger partial charge is 0.410 e. The Morgan fingerprint density at radius 1 is 1.21 bits per heavy atom. The molecule has 0 saturated carbocycles. The van der Waals surface area contributed by atoms with Gasteiger partial charge in [0.15, 0.2) is 0 Å². The highest BCUT2D eigenvalue weighted by atomic mass is 16.6. The first-order valence-corrected chi connectivity index (χ1v) is 6.72. The first-order valence-electron chi connectivity index (χ1n) is 6.72. The maximum atomic E-state index is 11.8. The third kappa shape index (κ3) is 5.33. The van der Waals surface area contributed by atoms with Crippen LogP contribution in [-0.2, 0) is 11.3 Å². The second-order valence-corrected chi connectivity index (χ2v) is 6.23. The molecule has 1 amide bonds. The molecule has 0 aliphatic carbocycles. The van der Waals surface area contributed by atoms with E-state index in [1.807, 2.05) is 20.8 Å². The van der Waals surface area contributed by atoms with E-state index in [-0.39, 0.29) is 6.09 Å². The van der Waals surface area contributed by atoms with Crippen LogP contribution >= 0.6 is 0 Å². The maximum absolute atomic E-state index is 11.8. The van der Waals surface area contributed by atoms with Gasteiger partial charge in [-0.1, -0.05) is 38.1 Å². The van der Waals surface area contributed by atoms with Gasteiger partial charge in [-0.2, -0.15) is 0 Å². The lowest BCUT2D eigenvalue weighted by molar-refractivity contribution is 0.0285. The van der Waals surface area contributed by atoms with E-state index in [2.05, 4.69) is 38.1 Å². The standard InChI is InChI=1S/C16H25NO2/c1-12(2)14-9-7-13(8-10-14)11-17(6)15(18)19-16(3,4)5/h7-10,12H,11H2,1-6H3. The van der Waals surface area contributed by atoms with Crippen LogP contribution in [0.25, 0.3) is 0 Å². The van der Waals surface area contributed by atoms with Crippen LogP contribution in [0.2, 0.25) is 0 Å². The van der Waals surface area contributed by atoms with Crippen LogP contribution in [0.3, 0.4) is 0 Å². The molecule has 1 aromatic rings. The first-order chi connectivity index (χ1) is 8.69. The lowest BCUT2D eigenvalue weighted by Gasteiger charge is -2.24. The van der Waals surface area contributed by atoms with Crippen LogP contribution in [0.5, 0.6) is 0 Å². The highest BCUT2D eigenvalue weighted by molar-refractivity contribution is 5.67. The van der Waals surface area contributed by atoms with E-state index in [1.54, 1.807) is 11.9 Å². The number of ether oxygens (including phenoxy) is 1. The molecule has 0 unspecified atom stereocenters. The lowest BCUT2D eigenvalue weighted by Crippen LogP contribution is -2.33. The molecule has 0 spiro atoms. The SMILES string of the molecule is CC(C)c1ccc(CN(C)C(=O)OC(C)(C)C)cc1. The Kier molecular flexibility index (Phi) is 4.98. The zero-order chi connectivity index (χ0) is 14.6. The summed E-state index contributed by atoms with van der Waals surface area (Å²) >= 11 is 0. The Morgan fingerprint density at radius 3 is 2.16 bits per heavy atom. The van der Waals surface area contributed by atoms with E-state index in [1.165, 1.54) is 5.56 Å². The molecule has 0 aliphatic heterocycles. The number of rotatable bonds is 3. The van der Waals surface area contributed by atoms with E-state index in [9.17, 15) is 4.79 Å². The third-order valence-corrected chi connectivity index (χ3v) is 2.77. The molecule has 0 aliphatic rings. The van der Waals surface area contributed by atoms with Crippen molar-refractivity contribution in [3.05, 3.63) is 35.4 Å². The van der Waals surface area contributed by atoms with E-state index < -0.39 is 5.60 Å². The van der Waals surface area contributed by atoms with Gasteiger partial charge in [0.1, 0.15) is 5.60 Å². The molecule has 0 heterocycles. The second-order valence-electron chi connectivity index (χ2n) is 6.23. The first kappa shape index (κ1) is 15.5. The van der Waals surface area contributed by atoms with Crippen molar-refractivity contribution in [3.8, 4) is 0 Å². The Hall–Kier alpha value is -1.51. The Labute approximate surface area is 116 Å². The van der Waals surface area contributed by atoms with E-state index in [0.29, 0.717) is 12.5 Å². The average molecular weight is 263 g/mol. The summed E-state index contributed by atoms with van der Waals surface area (Å²) in [5.41, 5.74) is 1.97. The summed E-state index contributed by atoms with van der Waals surface area (Å²) < 4.78 is 5.32. The van der Waals surface area contributed by atoms with Crippen molar-refractivity contribution >= 4 is 6.09 Å². The molecule has 106 valence electrons. The van der Waals surface area contributed by atoms with Crippen molar-refractivity contribution in [2.45, 2.75) is 52.7 Å². The fraction of sp³-hybridized carbons (Fsp3) is 0.562. The number of carbonyl (C=O) groups excluding carboxylic acids is 1. The molecule has 3 nitrogen and oxygen atoms in total. The van der Waals surface area contributed by atoms with Gasteiger partial charge in [-0.25, -0.2) is 4.79 Å². The van der Waals surface area contributed by atoms with Gasteiger partial charge in [-0.15, -0.1) is 0 Å². The van der Waals surface area contributed by atoms with Crippen molar-refractivity contribution in [2.24, 2.45) is 0 Å². The van der Waals surface area contributed by atoms with Gasteiger partial charge < -0.3 is 9.64 Å². The van der Waals surface area contributed by atoms with Gasteiger partial charge in [0, 0.05) is 13.6 Å². The highest BCUT2D eigenvalue weighted by Gasteiger charge is 2.19. The summed E-state index contributed by atoms with van der Waals surface area (Å²) in [6.45, 7) is 10.5. The van der Waals surface area contributed by atoms with Crippen LogP contribution in [-0.4, -0.2) is 23.6 Å². The molecule has 1 rings (SSSR count). The fourth-order valence-electron chi connectivity index (χ4n) is 1.69. The quantitative estimate of drug-likeness (QED) is 0.819. The number of benzene rings is 1. The maximum Gasteiger partial charge on any atom is 0.410 e. The minimum absolute atomic E-state index is 0.291. The molecule has 1 aromatic carbocycles. The molecule has 0 bridgehead atoms. The highest BCUT2D eigenvalue weighted by Crippen LogP contribution is 2.16. The number of hydrogen-bond acceptors (Lipinski definition) is 2. The lowest BCUT2D eigenvalue weighted by atomic mass is 10.0. The van der Waals surface area contributed by atoms with Gasteiger partial charge in [0.05, 0.1) is 0 Å². The van der Waals surface area contributed by atoms with Crippen LogP contribution in [0, 0.1) is 0 Å². The molecular weight excluding hydrogens is 238 g/mol. The number of nitrogens with zero attached hydrogens (tertiary/aromatic N) is 1. The third-order valence-electron chi connectivity index (χ3n) is 2.77.